The Morgan fingerprint density at radius 2 is 2.11 bits per heavy atom. The van der Waals surface area contributed by atoms with Crippen molar-refractivity contribution < 1.29 is 19.7 Å². The van der Waals surface area contributed by atoms with Crippen LogP contribution >= 0.6 is 0 Å². The molecule has 2 atom stereocenters. The molecule has 1 saturated carbocycles. The number of carbonyl (C=O) groups is 1. The Balaban J connectivity index is 2.07. The third-order valence-electron chi connectivity index (χ3n) is 3.50. The van der Waals surface area contributed by atoms with Gasteiger partial charge in [-0.25, -0.2) is 0 Å². The number of phenolic OH excluding ortho intramolecular Hbond substituents is 1. The summed E-state index contributed by atoms with van der Waals surface area (Å²) in [6.45, 7) is 0. The van der Waals surface area contributed by atoms with Crippen LogP contribution in [0.15, 0.2) is 18.2 Å². The number of aromatic hydroxyl groups is 1. The number of aliphatic hydroxyl groups is 1. The highest BCUT2D eigenvalue weighted by atomic mass is 16.5. The van der Waals surface area contributed by atoms with Gasteiger partial charge in [-0.3, -0.25) is 4.79 Å². The van der Waals surface area contributed by atoms with Gasteiger partial charge in [-0.2, -0.15) is 0 Å². The quantitative estimate of drug-likeness (QED) is 0.772. The lowest BCUT2D eigenvalue weighted by atomic mass is 9.92. The number of aliphatic hydroxyl groups excluding tert-OH is 1. The molecule has 1 amide bonds. The van der Waals surface area contributed by atoms with Gasteiger partial charge in [0, 0.05) is 6.07 Å². The molecule has 1 aliphatic carbocycles. The molecule has 0 aliphatic heterocycles. The van der Waals surface area contributed by atoms with Crippen LogP contribution in [0.5, 0.6) is 11.5 Å². The van der Waals surface area contributed by atoms with E-state index in [1.165, 1.54) is 19.2 Å². The zero-order valence-corrected chi connectivity index (χ0v) is 10.9. The summed E-state index contributed by atoms with van der Waals surface area (Å²) in [5, 5.41) is 22.4. The van der Waals surface area contributed by atoms with E-state index in [9.17, 15) is 15.0 Å². The summed E-state index contributed by atoms with van der Waals surface area (Å²) in [5.41, 5.74) is 0.193. The van der Waals surface area contributed by atoms with Gasteiger partial charge in [0.2, 0.25) is 0 Å². The topological polar surface area (TPSA) is 78.8 Å². The van der Waals surface area contributed by atoms with Crippen molar-refractivity contribution in [3.8, 4) is 11.5 Å². The van der Waals surface area contributed by atoms with Crippen LogP contribution < -0.4 is 10.1 Å². The molecule has 2 unspecified atom stereocenters. The van der Waals surface area contributed by atoms with Crippen molar-refractivity contribution in [3.63, 3.8) is 0 Å². The van der Waals surface area contributed by atoms with Crippen LogP contribution in [0.3, 0.4) is 0 Å². The molecular formula is C14H19NO4. The first-order valence-corrected chi connectivity index (χ1v) is 6.47. The summed E-state index contributed by atoms with van der Waals surface area (Å²) in [4.78, 5) is 12.1. The molecule has 3 N–H and O–H groups in total. The fourth-order valence-corrected chi connectivity index (χ4v) is 2.36. The van der Waals surface area contributed by atoms with Gasteiger partial charge in [0.15, 0.2) is 0 Å². The second kappa shape index (κ2) is 5.93. The molecule has 0 aromatic heterocycles. The number of nitrogens with one attached hydrogen (secondary N) is 1. The first kappa shape index (κ1) is 13.7. The lowest BCUT2D eigenvalue weighted by Gasteiger charge is -2.28. The zero-order valence-electron chi connectivity index (χ0n) is 10.9. The van der Waals surface area contributed by atoms with Crippen LogP contribution in [-0.4, -0.2) is 35.4 Å². The summed E-state index contributed by atoms with van der Waals surface area (Å²) >= 11 is 0. The van der Waals surface area contributed by atoms with E-state index in [-0.39, 0.29) is 23.3 Å². The Morgan fingerprint density at radius 1 is 1.37 bits per heavy atom. The molecule has 0 heterocycles. The minimum absolute atomic E-state index is 0.123. The van der Waals surface area contributed by atoms with Gasteiger partial charge in [-0.15, -0.1) is 0 Å². The summed E-state index contributed by atoms with van der Waals surface area (Å²) in [7, 11) is 1.49. The Hall–Kier alpha value is -1.75. The van der Waals surface area contributed by atoms with E-state index >= 15 is 0 Å². The van der Waals surface area contributed by atoms with Crippen LogP contribution in [0.2, 0.25) is 0 Å². The van der Waals surface area contributed by atoms with E-state index in [0.29, 0.717) is 12.2 Å². The van der Waals surface area contributed by atoms with E-state index in [2.05, 4.69) is 5.32 Å². The van der Waals surface area contributed by atoms with Crippen LogP contribution in [0.4, 0.5) is 0 Å². The van der Waals surface area contributed by atoms with E-state index in [1.807, 2.05) is 0 Å². The van der Waals surface area contributed by atoms with Gasteiger partial charge in [-0.1, -0.05) is 12.8 Å². The molecule has 19 heavy (non-hydrogen) atoms. The van der Waals surface area contributed by atoms with Gasteiger partial charge in [0.1, 0.15) is 11.5 Å². The minimum atomic E-state index is -0.502. The normalized spacial score (nSPS) is 22.8. The summed E-state index contributed by atoms with van der Waals surface area (Å²) < 4.78 is 4.97. The number of methoxy groups -OCH3 is 1. The largest absolute Gasteiger partial charge is 0.507 e. The van der Waals surface area contributed by atoms with Gasteiger partial charge < -0.3 is 20.3 Å². The molecule has 2 rings (SSSR count). The maximum Gasteiger partial charge on any atom is 0.255 e. The molecule has 5 nitrogen and oxygen atoms in total. The van der Waals surface area contributed by atoms with Gasteiger partial charge in [-0.05, 0) is 25.0 Å². The number of hydrogen-bond acceptors (Lipinski definition) is 4. The van der Waals surface area contributed by atoms with Gasteiger partial charge in [0.05, 0.1) is 24.8 Å². The molecule has 1 fully saturated rings. The monoisotopic (exact) mass is 265 g/mol. The number of amides is 1. The maximum atomic E-state index is 12.1. The van der Waals surface area contributed by atoms with Crippen molar-refractivity contribution in [1.82, 2.24) is 5.32 Å². The molecule has 1 aromatic rings. The fraction of sp³-hybridized carbons (Fsp3) is 0.500. The Kier molecular flexibility index (Phi) is 4.27. The van der Waals surface area contributed by atoms with Gasteiger partial charge in [0.25, 0.3) is 5.91 Å². The molecule has 0 bridgehead atoms. The molecule has 0 saturated heterocycles. The summed E-state index contributed by atoms with van der Waals surface area (Å²) in [6, 6.07) is 4.29. The number of rotatable bonds is 3. The molecule has 0 radical (unpaired) electrons. The highest BCUT2D eigenvalue weighted by Crippen LogP contribution is 2.24. The van der Waals surface area contributed by atoms with E-state index in [4.69, 9.17) is 4.74 Å². The average Bonchev–Trinajstić information content (AvgIpc) is 2.41. The third-order valence-corrected chi connectivity index (χ3v) is 3.50. The van der Waals surface area contributed by atoms with E-state index in [1.54, 1.807) is 6.07 Å². The Labute approximate surface area is 112 Å². The number of phenols is 1. The lowest BCUT2D eigenvalue weighted by Crippen LogP contribution is -2.45. The zero-order chi connectivity index (χ0) is 13.8. The highest BCUT2D eigenvalue weighted by molar-refractivity contribution is 5.97. The predicted molar refractivity (Wildman–Crippen MR) is 70.4 cm³/mol. The summed E-state index contributed by atoms with van der Waals surface area (Å²) in [5.74, 6) is 0.00000315. The lowest BCUT2D eigenvalue weighted by molar-refractivity contribution is 0.0715. The maximum absolute atomic E-state index is 12.1. The Bertz CT molecular complexity index is 461. The third kappa shape index (κ3) is 3.17. The van der Waals surface area contributed by atoms with Crippen LogP contribution in [-0.2, 0) is 0 Å². The van der Waals surface area contributed by atoms with Crippen molar-refractivity contribution in [2.24, 2.45) is 0 Å². The van der Waals surface area contributed by atoms with Crippen molar-refractivity contribution in [2.45, 2.75) is 37.8 Å². The van der Waals surface area contributed by atoms with Crippen molar-refractivity contribution in [1.29, 1.82) is 0 Å². The van der Waals surface area contributed by atoms with Crippen LogP contribution in [0.1, 0.15) is 36.0 Å². The van der Waals surface area contributed by atoms with Crippen LogP contribution in [0.25, 0.3) is 0 Å². The number of carbonyl (C=O) groups excluding carboxylic acids is 1. The second-order valence-electron chi connectivity index (χ2n) is 4.81. The van der Waals surface area contributed by atoms with E-state index < -0.39 is 6.10 Å². The van der Waals surface area contributed by atoms with E-state index in [0.717, 1.165) is 19.3 Å². The first-order chi connectivity index (χ1) is 9.11. The molecule has 1 aliphatic rings. The van der Waals surface area contributed by atoms with Crippen molar-refractivity contribution in [3.05, 3.63) is 23.8 Å². The predicted octanol–water partition coefficient (Wildman–Crippen LogP) is 1.43. The van der Waals surface area contributed by atoms with Crippen molar-refractivity contribution >= 4 is 5.91 Å². The number of ether oxygens (including phenoxy) is 1. The second-order valence-corrected chi connectivity index (χ2v) is 4.81. The minimum Gasteiger partial charge on any atom is -0.507 e. The molecule has 1 aromatic carbocycles. The molecular weight excluding hydrogens is 246 g/mol. The van der Waals surface area contributed by atoms with Crippen molar-refractivity contribution in [2.75, 3.05) is 7.11 Å². The first-order valence-electron chi connectivity index (χ1n) is 6.47. The molecule has 5 heteroatoms. The van der Waals surface area contributed by atoms with Gasteiger partial charge >= 0.3 is 0 Å². The molecule has 0 spiro atoms. The van der Waals surface area contributed by atoms with Crippen LogP contribution in [0, 0.1) is 0 Å². The standard InChI is InChI=1S/C14H19NO4/c1-19-9-6-7-10(13(17)8-9)14(18)15-11-4-2-3-5-12(11)16/h6-8,11-12,16-17H,2-5H2,1H3,(H,15,18). The smallest absolute Gasteiger partial charge is 0.255 e. The summed E-state index contributed by atoms with van der Waals surface area (Å²) in [6.07, 6.45) is 2.96. The average molecular weight is 265 g/mol. The highest BCUT2D eigenvalue weighted by Gasteiger charge is 2.25. The molecule has 104 valence electrons. The number of benzene rings is 1. The Morgan fingerprint density at radius 3 is 2.74 bits per heavy atom. The number of hydrogen-bond donors (Lipinski definition) is 3. The fourth-order valence-electron chi connectivity index (χ4n) is 2.36. The SMILES string of the molecule is COc1ccc(C(=O)NC2CCCCC2O)c(O)c1.